The van der Waals surface area contributed by atoms with Gasteiger partial charge in [0.05, 0.1) is 0 Å². The zero-order chi connectivity index (χ0) is 26.0. The number of anilines is 1. The van der Waals surface area contributed by atoms with E-state index >= 15 is 0 Å². The number of carbonyl (C=O) groups excluding carboxylic acids is 1. The molecule has 1 aliphatic carbocycles. The third-order valence-corrected chi connectivity index (χ3v) is 9.19. The predicted octanol–water partition coefficient (Wildman–Crippen LogP) is 3.93. The monoisotopic (exact) mass is 524 g/mol. The number of hydrogen-bond donors (Lipinski definition) is 1. The molecule has 2 fully saturated rings. The summed E-state index contributed by atoms with van der Waals surface area (Å²) in [5.41, 5.74) is 1.31. The van der Waals surface area contributed by atoms with Crippen LogP contribution in [0.25, 0.3) is 0 Å². The van der Waals surface area contributed by atoms with Gasteiger partial charge in [-0.15, -0.1) is 11.8 Å². The first-order chi connectivity index (χ1) is 18.2. The van der Waals surface area contributed by atoms with Crippen molar-refractivity contribution in [3.8, 4) is 0 Å². The highest BCUT2D eigenvalue weighted by atomic mass is 32.2. The summed E-state index contributed by atoms with van der Waals surface area (Å²) in [6.07, 6.45) is 18.6. The molecule has 1 amide bonds. The summed E-state index contributed by atoms with van der Waals surface area (Å²) in [4.78, 5) is 29.7. The quantitative estimate of drug-likeness (QED) is 0.566. The molecule has 0 bridgehead atoms. The lowest BCUT2D eigenvalue weighted by Gasteiger charge is -2.40. The summed E-state index contributed by atoms with van der Waals surface area (Å²) in [7, 11) is 0. The highest BCUT2D eigenvalue weighted by molar-refractivity contribution is 8.00. The maximum atomic E-state index is 13.5. The second-order valence-electron chi connectivity index (χ2n) is 9.83. The zero-order valence-electron chi connectivity index (χ0n) is 22.8. The third kappa shape index (κ3) is 7.03. The number of allylic oxidation sites excluding steroid dienone is 4. The first-order valence-electron chi connectivity index (χ1n) is 14.2. The second kappa shape index (κ2) is 14.1. The van der Waals surface area contributed by atoms with Crippen LogP contribution in [0, 0.1) is 5.92 Å². The first-order valence-corrected chi connectivity index (χ1v) is 15.1. The fourth-order valence-electron chi connectivity index (χ4n) is 5.62. The summed E-state index contributed by atoms with van der Waals surface area (Å²) < 4.78 is 0. The number of nitrogens with zero attached hydrogens (tertiary/aromatic N) is 5. The smallest absolute Gasteiger partial charge is 0.224 e. The minimum atomic E-state index is 0.201. The van der Waals surface area contributed by atoms with Crippen molar-refractivity contribution in [3.05, 3.63) is 48.3 Å². The Kier molecular flexibility index (Phi) is 10.6. The number of hydrogen-bond acceptors (Lipinski definition) is 7. The molecule has 4 aliphatic rings. The Morgan fingerprint density at radius 1 is 1.03 bits per heavy atom. The molecular formula is C29H44N6OS. The van der Waals surface area contributed by atoms with E-state index in [1.54, 1.807) is 6.33 Å². The fraction of sp³-hybridized carbons (Fsp3) is 0.621. The van der Waals surface area contributed by atoms with Crippen LogP contribution in [0.15, 0.2) is 47.8 Å². The summed E-state index contributed by atoms with van der Waals surface area (Å²) in [5, 5.41) is 5.27. The van der Waals surface area contributed by atoms with Gasteiger partial charge in [-0.05, 0) is 19.3 Å². The lowest BCUT2D eigenvalue weighted by atomic mass is 9.93. The van der Waals surface area contributed by atoms with Gasteiger partial charge in [0.2, 0.25) is 5.91 Å². The molecule has 8 heteroatoms. The molecule has 0 saturated carbocycles. The van der Waals surface area contributed by atoms with Gasteiger partial charge in [0.15, 0.2) is 0 Å². The van der Waals surface area contributed by atoms with Crippen molar-refractivity contribution in [2.24, 2.45) is 5.92 Å². The highest BCUT2D eigenvalue weighted by Gasteiger charge is 2.32. The summed E-state index contributed by atoms with van der Waals surface area (Å²) in [6, 6.07) is 0.201. The number of amides is 1. The highest BCUT2D eigenvalue weighted by Crippen LogP contribution is 2.38. The van der Waals surface area contributed by atoms with Gasteiger partial charge in [-0.1, -0.05) is 57.2 Å². The number of aromatic nitrogens is 2. The predicted molar refractivity (Wildman–Crippen MR) is 154 cm³/mol. The standard InChI is InChI=1S/C27H38N6OS.C2H6/c1-2-22-9-10-23-26(29-20-30-27(23)35-22)33-17-15-32(16-18-33)25(34)19-24(31-13-11-28-12-14-31)21-7-5-3-4-6-8-21;1-2/h3-8,20-22,24,28H,2,9-19H2,1H3;1-2H3. The Labute approximate surface area is 227 Å². The number of thioether (sulfide) groups is 1. The van der Waals surface area contributed by atoms with Crippen LogP contribution in [-0.4, -0.2) is 89.3 Å². The van der Waals surface area contributed by atoms with Crippen molar-refractivity contribution >= 4 is 23.5 Å². The van der Waals surface area contributed by atoms with Crippen molar-refractivity contribution in [1.29, 1.82) is 0 Å². The second-order valence-corrected chi connectivity index (χ2v) is 11.1. The van der Waals surface area contributed by atoms with Crippen LogP contribution >= 0.6 is 11.8 Å². The Balaban J connectivity index is 0.00000156. The molecule has 1 aromatic heterocycles. The minimum Gasteiger partial charge on any atom is -0.353 e. The normalized spacial score (nSPS) is 23.2. The molecule has 37 heavy (non-hydrogen) atoms. The number of piperazine rings is 2. The van der Waals surface area contributed by atoms with Gasteiger partial charge in [-0.25, -0.2) is 9.97 Å². The van der Waals surface area contributed by atoms with Crippen molar-refractivity contribution in [3.63, 3.8) is 0 Å². The minimum absolute atomic E-state index is 0.201. The SMILES string of the molecule is CC.CCC1CCc2c(ncnc2N2CCN(C(=O)CC(C3C=CC=CC=C3)N3CCNCC3)CC2)S1. The Morgan fingerprint density at radius 3 is 2.41 bits per heavy atom. The van der Waals surface area contributed by atoms with E-state index in [1.165, 1.54) is 18.4 Å². The van der Waals surface area contributed by atoms with Crippen molar-refractivity contribution in [1.82, 2.24) is 25.1 Å². The number of rotatable bonds is 6. The Morgan fingerprint density at radius 2 is 1.73 bits per heavy atom. The summed E-state index contributed by atoms with van der Waals surface area (Å²) >= 11 is 1.91. The average molecular weight is 525 g/mol. The maximum absolute atomic E-state index is 13.5. The molecule has 0 spiro atoms. The number of fused-ring (bicyclic) bond motifs is 1. The summed E-state index contributed by atoms with van der Waals surface area (Å²) in [6.45, 7) is 13.4. The summed E-state index contributed by atoms with van der Waals surface area (Å²) in [5.74, 6) is 1.62. The lowest BCUT2D eigenvalue weighted by Crippen LogP contribution is -2.54. The van der Waals surface area contributed by atoms with Crippen molar-refractivity contribution in [2.75, 3.05) is 57.3 Å². The zero-order valence-corrected chi connectivity index (χ0v) is 23.6. The molecule has 0 radical (unpaired) electrons. The largest absolute Gasteiger partial charge is 0.353 e. The Hall–Kier alpha value is -2.16. The average Bonchev–Trinajstić information content (AvgIpc) is 3.26. The van der Waals surface area contributed by atoms with Gasteiger partial charge in [-0.2, -0.15) is 0 Å². The molecule has 3 aliphatic heterocycles. The molecule has 202 valence electrons. The van der Waals surface area contributed by atoms with Gasteiger partial charge in [0, 0.05) is 81.6 Å². The molecule has 1 N–H and O–H groups in total. The molecule has 4 heterocycles. The number of carbonyl (C=O) groups is 1. The molecular weight excluding hydrogens is 480 g/mol. The van der Waals surface area contributed by atoms with E-state index in [4.69, 9.17) is 0 Å². The van der Waals surface area contributed by atoms with E-state index in [9.17, 15) is 4.79 Å². The molecule has 7 nitrogen and oxygen atoms in total. The van der Waals surface area contributed by atoms with Gasteiger partial charge in [0.25, 0.3) is 0 Å². The molecule has 5 rings (SSSR count). The molecule has 2 saturated heterocycles. The molecule has 0 aromatic carbocycles. The lowest BCUT2D eigenvalue weighted by molar-refractivity contribution is -0.133. The molecule has 2 unspecified atom stereocenters. The van der Waals surface area contributed by atoms with Crippen LogP contribution in [0.4, 0.5) is 5.82 Å². The van der Waals surface area contributed by atoms with E-state index in [0.717, 1.165) is 69.6 Å². The van der Waals surface area contributed by atoms with Crippen molar-refractivity contribution < 1.29 is 4.79 Å². The Bertz CT molecular complexity index is 949. The van der Waals surface area contributed by atoms with Crippen LogP contribution in [-0.2, 0) is 11.2 Å². The first kappa shape index (κ1) is 27.9. The maximum Gasteiger partial charge on any atom is 0.224 e. The molecule has 1 aromatic rings. The van der Waals surface area contributed by atoms with Crippen molar-refractivity contribution in [2.45, 2.75) is 62.8 Å². The van der Waals surface area contributed by atoms with Gasteiger partial charge in [0.1, 0.15) is 17.2 Å². The van der Waals surface area contributed by atoms with Gasteiger partial charge in [-0.3, -0.25) is 9.69 Å². The number of nitrogens with one attached hydrogen (secondary N) is 1. The van der Waals surface area contributed by atoms with Gasteiger partial charge >= 0.3 is 0 Å². The van der Waals surface area contributed by atoms with Crippen LogP contribution in [0.5, 0.6) is 0 Å². The van der Waals surface area contributed by atoms with E-state index < -0.39 is 0 Å². The fourth-order valence-corrected chi connectivity index (χ4v) is 6.78. The van der Waals surface area contributed by atoms with E-state index in [0.29, 0.717) is 11.7 Å². The molecule has 2 atom stereocenters. The van der Waals surface area contributed by atoms with Gasteiger partial charge < -0.3 is 15.1 Å². The van der Waals surface area contributed by atoms with E-state index in [-0.39, 0.29) is 17.9 Å². The third-order valence-electron chi connectivity index (χ3n) is 7.71. The van der Waals surface area contributed by atoms with Crippen LogP contribution in [0.3, 0.4) is 0 Å². The topological polar surface area (TPSA) is 64.6 Å². The van der Waals surface area contributed by atoms with E-state index in [1.807, 2.05) is 25.6 Å². The van der Waals surface area contributed by atoms with Crippen LogP contribution in [0.2, 0.25) is 0 Å². The van der Waals surface area contributed by atoms with Crippen LogP contribution in [0.1, 0.15) is 45.6 Å². The van der Waals surface area contributed by atoms with E-state index in [2.05, 4.69) is 73.4 Å². The van der Waals surface area contributed by atoms with Crippen LogP contribution < -0.4 is 10.2 Å².